The first-order valence-corrected chi connectivity index (χ1v) is 5.59. The molecule has 7 heteroatoms. The summed E-state index contributed by atoms with van der Waals surface area (Å²) in [7, 11) is 0. The van der Waals surface area contributed by atoms with Gasteiger partial charge in [0, 0.05) is 0 Å². The van der Waals surface area contributed by atoms with E-state index in [0.717, 1.165) is 10.7 Å². The highest BCUT2D eigenvalue weighted by Crippen LogP contribution is 2.34. The summed E-state index contributed by atoms with van der Waals surface area (Å²) in [6.45, 7) is 0. The largest absolute Gasteiger partial charge is 0.418 e. The van der Waals surface area contributed by atoms with Crippen molar-refractivity contribution in [3.05, 3.63) is 46.2 Å². The number of hydrogen-bond donors (Lipinski definition) is 0. The number of aromatic nitrogens is 2. The lowest BCUT2D eigenvalue weighted by atomic mass is 10.1. The zero-order chi connectivity index (χ0) is 13.3. The minimum absolute atomic E-state index is 0.134. The van der Waals surface area contributed by atoms with Gasteiger partial charge >= 0.3 is 6.18 Å². The Hall–Kier alpha value is -1.63. The van der Waals surface area contributed by atoms with Gasteiger partial charge in [-0.1, -0.05) is 12.1 Å². The van der Waals surface area contributed by atoms with Crippen LogP contribution in [0, 0.1) is 0 Å². The van der Waals surface area contributed by atoms with E-state index in [0.29, 0.717) is 6.29 Å². The van der Waals surface area contributed by atoms with Crippen molar-refractivity contribution in [2.24, 2.45) is 0 Å². The highest BCUT2D eigenvalue weighted by molar-refractivity contribution is 9.10. The predicted molar refractivity (Wildman–Crippen MR) is 61.7 cm³/mol. The number of halogens is 4. The van der Waals surface area contributed by atoms with Crippen LogP contribution in [0.5, 0.6) is 0 Å². The van der Waals surface area contributed by atoms with Crippen LogP contribution in [0.4, 0.5) is 13.2 Å². The molecule has 0 N–H and O–H groups in total. The number of rotatable bonds is 2. The molecule has 1 aromatic carbocycles. The van der Waals surface area contributed by atoms with Crippen molar-refractivity contribution in [1.82, 2.24) is 9.78 Å². The number of nitrogens with zero attached hydrogens (tertiary/aromatic N) is 2. The Labute approximate surface area is 108 Å². The number of aldehydes is 1. The van der Waals surface area contributed by atoms with Gasteiger partial charge in [0.05, 0.1) is 23.0 Å². The minimum Gasteiger partial charge on any atom is -0.298 e. The second-order valence-corrected chi connectivity index (χ2v) is 4.19. The Kier molecular flexibility index (Phi) is 3.25. The van der Waals surface area contributed by atoms with E-state index >= 15 is 0 Å². The molecule has 2 rings (SSSR count). The Morgan fingerprint density at radius 1 is 1.28 bits per heavy atom. The standard InChI is InChI=1S/C11H6BrF3N2O/c12-10-7(6-18)5-16-17(10)9-4-2-1-3-8(9)11(13,14)15/h1-6H. The van der Waals surface area contributed by atoms with Gasteiger partial charge in [-0.15, -0.1) is 0 Å². The number of carbonyl (C=O) groups excluding carboxylic acids is 1. The van der Waals surface area contributed by atoms with Crippen LogP contribution in [0.25, 0.3) is 5.69 Å². The lowest BCUT2D eigenvalue weighted by Gasteiger charge is -2.13. The van der Waals surface area contributed by atoms with Crippen LogP contribution < -0.4 is 0 Å². The highest BCUT2D eigenvalue weighted by atomic mass is 79.9. The maximum Gasteiger partial charge on any atom is 0.418 e. The fraction of sp³-hybridized carbons (Fsp3) is 0.0909. The molecule has 0 fully saturated rings. The zero-order valence-electron chi connectivity index (χ0n) is 8.78. The molecular formula is C11H6BrF3N2O. The maximum absolute atomic E-state index is 12.8. The first kappa shape index (κ1) is 12.8. The van der Waals surface area contributed by atoms with Crippen LogP contribution in [0.2, 0.25) is 0 Å². The average Bonchev–Trinajstić information content (AvgIpc) is 2.69. The van der Waals surface area contributed by atoms with E-state index in [4.69, 9.17) is 0 Å². The third-order valence-corrected chi connectivity index (χ3v) is 3.09. The maximum atomic E-state index is 12.8. The number of benzene rings is 1. The molecule has 0 radical (unpaired) electrons. The fourth-order valence-electron chi connectivity index (χ4n) is 1.49. The summed E-state index contributed by atoms with van der Waals surface area (Å²) < 4.78 is 39.7. The van der Waals surface area contributed by atoms with Crippen molar-refractivity contribution in [3.8, 4) is 5.69 Å². The zero-order valence-corrected chi connectivity index (χ0v) is 10.4. The van der Waals surface area contributed by atoms with Gasteiger partial charge < -0.3 is 0 Å². The van der Waals surface area contributed by atoms with Crippen LogP contribution >= 0.6 is 15.9 Å². The van der Waals surface area contributed by atoms with E-state index in [1.165, 1.54) is 24.4 Å². The normalized spacial score (nSPS) is 11.6. The molecule has 3 nitrogen and oxygen atoms in total. The monoisotopic (exact) mass is 318 g/mol. The van der Waals surface area contributed by atoms with Crippen molar-refractivity contribution in [2.75, 3.05) is 0 Å². The van der Waals surface area contributed by atoms with Crippen LogP contribution in [-0.4, -0.2) is 16.1 Å². The van der Waals surface area contributed by atoms with Crippen molar-refractivity contribution in [2.45, 2.75) is 6.18 Å². The van der Waals surface area contributed by atoms with E-state index in [1.807, 2.05) is 0 Å². The molecule has 0 saturated carbocycles. The third-order valence-electron chi connectivity index (χ3n) is 2.30. The van der Waals surface area contributed by atoms with Gasteiger partial charge in [-0.25, -0.2) is 4.68 Å². The van der Waals surface area contributed by atoms with E-state index in [2.05, 4.69) is 21.0 Å². The average molecular weight is 319 g/mol. The van der Waals surface area contributed by atoms with Gasteiger partial charge in [-0.2, -0.15) is 18.3 Å². The first-order chi connectivity index (χ1) is 8.45. The lowest BCUT2D eigenvalue weighted by Crippen LogP contribution is -2.11. The lowest BCUT2D eigenvalue weighted by molar-refractivity contribution is -0.137. The van der Waals surface area contributed by atoms with Crippen LogP contribution in [0.15, 0.2) is 35.1 Å². The van der Waals surface area contributed by atoms with Crippen LogP contribution in [-0.2, 0) is 6.18 Å². The molecule has 0 aliphatic rings. The molecule has 0 unspecified atom stereocenters. The molecule has 2 aromatic rings. The molecule has 18 heavy (non-hydrogen) atoms. The van der Waals surface area contributed by atoms with Gasteiger partial charge in [0.2, 0.25) is 0 Å². The predicted octanol–water partition coefficient (Wildman–Crippen LogP) is 3.47. The Balaban J connectivity index is 2.64. The van der Waals surface area contributed by atoms with Crippen molar-refractivity contribution in [3.63, 3.8) is 0 Å². The molecule has 0 spiro atoms. The van der Waals surface area contributed by atoms with Gasteiger partial charge in [0.25, 0.3) is 0 Å². The molecular weight excluding hydrogens is 313 g/mol. The van der Waals surface area contributed by atoms with Crippen molar-refractivity contribution in [1.29, 1.82) is 0 Å². The minimum atomic E-state index is -4.48. The summed E-state index contributed by atoms with van der Waals surface area (Å²) in [5.41, 5.74) is -0.761. The quantitative estimate of drug-likeness (QED) is 0.795. The molecule has 0 atom stereocenters. The van der Waals surface area contributed by atoms with Crippen LogP contribution in [0.3, 0.4) is 0 Å². The van der Waals surface area contributed by atoms with Crippen molar-refractivity contribution < 1.29 is 18.0 Å². The summed E-state index contributed by atoms with van der Waals surface area (Å²) >= 11 is 3.05. The summed E-state index contributed by atoms with van der Waals surface area (Å²) in [4.78, 5) is 10.6. The third kappa shape index (κ3) is 2.17. The molecule has 0 aliphatic carbocycles. The molecule has 94 valence electrons. The van der Waals surface area contributed by atoms with Crippen molar-refractivity contribution >= 4 is 22.2 Å². The number of hydrogen-bond acceptors (Lipinski definition) is 2. The molecule has 0 amide bonds. The molecule has 1 aromatic heterocycles. The molecule has 0 saturated heterocycles. The van der Waals surface area contributed by atoms with Gasteiger partial charge in [-0.05, 0) is 28.1 Å². The second kappa shape index (κ2) is 4.56. The van der Waals surface area contributed by atoms with Gasteiger partial charge in [0.15, 0.2) is 6.29 Å². The number of alkyl halides is 3. The Morgan fingerprint density at radius 2 is 1.94 bits per heavy atom. The SMILES string of the molecule is O=Cc1cnn(-c2ccccc2C(F)(F)F)c1Br. The van der Waals surface area contributed by atoms with E-state index < -0.39 is 11.7 Å². The molecule has 1 heterocycles. The first-order valence-electron chi connectivity index (χ1n) is 4.80. The van der Waals surface area contributed by atoms with Gasteiger partial charge in [-0.3, -0.25) is 4.79 Å². The highest BCUT2D eigenvalue weighted by Gasteiger charge is 2.34. The Morgan fingerprint density at radius 3 is 2.50 bits per heavy atom. The summed E-state index contributed by atoms with van der Waals surface area (Å²) in [5.74, 6) is 0. The van der Waals surface area contributed by atoms with E-state index in [1.54, 1.807) is 0 Å². The summed E-state index contributed by atoms with van der Waals surface area (Å²) in [6.07, 6.45) is -2.77. The number of para-hydroxylation sites is 1. The summed E-state index contributed by atoms with van der Waals surface area (Å²) in [6, 6.07) is 5.02. The molecule has 0 bridgehead atoms. The molecule has 0 aliphatic heterocycles. The van der Waals surface area contributed by atoms with E-state index in [-0.39, 0.29) is 15.9 Å². The second-order valence-electron chi connectivity index (χ2n) is 3.44. The summed E-state index contributed by atoms with van der Waals surface area (Å²) in [5, 5.41) is 3.77. The smallest absolute Gasteiger partial charge is 0.298 e. The Bertz CT molecular complexity index is 592. The number of carbonyl (C=O) groups is 1. The van der Waals surface area contributed by atoms with E-state index in [9.17, 15) is 18.0 Å². The van der Waals surface area contributed by atoms with Crippen LogP contribution in [0.1, 0.15) is 15.9 Å². The van der Waals surface area contributed by atoms with Gasteiger partial charge in [0.1, 0.15) is 4.60 Å². The fourth-order valence-corrected chi connectivity index (χ4v) is 1.97. The topological polar surface area (TPSA) is 34.9 Å².